The van der Waals surface area contributed by atoms with Crippen LogP contribution in [0.5, 0.6) is 0 Å². The molecule has 0 N–H and O–H groups in total. The van der Waals surface area contributed by atoms with Gasteiger partial charge in [0.05, 0.1) is 6.61 Å². The van der Waals surface area contributed by atoms with Gasteiger partial charge in [-0.1, -0.05) is 170 Å². The van der Waals surface area contributed by atoms with Gasteiger partial charge in [-0.05, 0) is 46.6 Å². The first-order chi connectivity index (χ1) is 22.3. The molecule has 0 saturated heterocycles. The van der Waals surface area contributed by atoms with Crippen LogP contribution < -0.4 is 15.9 Å². The largest absolute Gasteiger partial charge is 0.469 e. The molecule has 1 heterocycles. The number of rotatable bonds is 10. The first kappa shape index (κ1) is 28.9. The molecule has 220 valence electrons. The monoisotopic (exact) mass is 603 g/mol. The summed E-state index contributed by atoms with van der Waals surface area (Å²) in [6.45, 7) is 0.384. The lowest BCUT2D eigenvalue weighted by Gasteiger charge is -2.24. The highest BCUT2D eigenvalue weighted by Crippen LogP contribution is 2.38. The van der Waals surface area contributed by atoms with E-state index in [1.807, 2.05) is 18.2 Å². The smallest absolute Gasteiger partial charge is 0.217 e. The van der Waals surface area contributed by atoms with Crippen LogP contribution in [0.4, 0.5) is 0 Å². The molecule has 1 aliphatic rings. The van der Waals surface area contributed by atoms with Gasteiger partial charge in [0.15, 0.2) is 6.10 Å². The minimum Gasteiger partial charge on any atom is -0.469 e. The second-order valence-electron chi connectivity index (χ2n) is 11.0. The van der Waals surface area contributed by atoms with Crippen molar-refractivity contribution in [2.45, 2.75) is 18.2 Å². The van der Waals surface area contributed by atoms with Gasteiger partial charge in [-0.3, -0.25) is 0 Å². The highest BCUT2D eigenvalue weighted by molar-refractivity contribution is 7.80. The molecule has 0 saturated carbocycles. The van der Waals surface area contributed by atoms with Crippen LogP contribution in [0, 0.1) is 0 Å². The summed E-state index contributed by atoms with van der Waals surface area (Å²) in [4.78, 5) is 5.29. The van der Waals surface area contributed by atoms with Crippen molar-refractivity contribution < 1.29 is 9.47 Å². The third kappa shape index (κ3) is 6.51. The van der Waals surface area contributed by atoms with Gasteiger partial charge in [0, 0.05) is 5.56 Å². The molecule has 3 nitrogen and oxygen atoms in total. The Morgan fingerprint density at radius 3 is 1.58 bits per heavy atom. The van der Waals surface area contributed by atoms with E-state index in [-0.39, 0.29) is 18.2 Å². The van der Waals surface area contributed by atoms with Crippen LogP contribution in [-0.4, -0.2) is 18.6 Å². The van der Waals surface area contributed by atoms with Gasteiger partial charge in [0.1, 0.15) is 12.1 Å². The molecule has 0 radical (unpaired) electrons. The molecule has 0 fully saturated rings. The van der Waals surface area contributed by atoms with Crippen molar-refractivity contribution in [3.8, 4) is 0 Å². The van der Waals surface area contributed by atoms with Crippen LogP contribution in [0.15, 0.2) is 181 Å². The van der Waals surface area contributed by atoms with Crippen molar-refractivity contribution in [1.29, 1.82) is 0 Å². The lowest BCUT2D eigenvalue weighted by molar-refractivity contribution is 0.0120. The summed E-state index contributed by atoms with van der Waals surface area (Å²) in [6.07, 6.45) is -0.502. The van der Waals surface area contributed by atoms with E-state index >= 15 is 0 Å². The van der Waals surface area contributed by atoms with E-state index < -0.39 is 7.92 Å². The van der Waals surface area contributed by atoms with Crippen molar-refractivity contribution in [3.05, 3.63) is 198 Å². The van der Waals surface area contributed by atoms with Crippen LogP contribution in [-0.2, 0) is 9.47 Å². The fourth-order valence-electron chi connectivity index (χ4n) is 5.91. The summed E-state index contributed by atoms with van der Waals surface area (Å²) < 4.78 is 13.6. The second-order valence-corrected chi connectivity index (χ2v) is 13.2. The predicted octanol–water partition coefficient (Wildman–Crippen LogP) is 8.14. The van der Waals surface area contributed by atoms with E-state index in [4.69, 9.17) is 14.5 Å². The number of hydrogen-bond donors (Lipinski definition) is 0. The Kier molecular flexibility index (Phi) is 8.91. The molecule has 0 amide bonds. The van der Waals surface area contributed by atoms with Crippen molar-refractivity contribution in [3.63, 3.8) is 0 Å². The molecule has 0 aromatic heterocycles. The lowest BCUT2D eigenvalue weighted by Crippen LogP contribution is -2.28. The molecule has 6 aromatic rings. The quantitative estimate of drug-likeness (QED) is 0.148. The van der Waals surface area contributed by atoms with Gasteiger partial charge in [0.2, 0.25) is 5.90 Å². The average Bonchev–Trinajstić information content (AvgIpc) is 3.55. The summed E-state index contributed by atoms with van der Waals surface area (Å²) in [7, 11) is -0.837. The van der Waals surface area contributed by atoms with E-state index in [9.17, 15) is 0 Å². The Hall–Kier alpha value is -4.82. The van der Waals surface area contributed by atoms with Gasteiger partial charge in [-0.2, -0.15) is 0 Å². The predicted molar refractivity (Wildman–Crippen MR) is 186 cm³/mol. The molecule has 0 spiro atoms. The van der Waals surface area contributed by atoms with Gasteiger partial charge >= 0.3 is 0 Å². The SMILES string of the molecule is c1ccc(C(OC[C@H]2OC(c3ccccc3P(c3ccccc3)c3ccccc3)=N[C@@H]2c2ccccc2)c2ccccc2)cc1. The molecular weight excluding hydrogens is 569 g/mol. The van der Waals surface area contributed by atoms with Gasteiger partial charge in [-0.25, -0.2) is 4.99 Å². The highest BCUT2D eigenvalue weighted by atomic mass is 31.1. The van der Waals surface area contributed by atoms with Crippen molar-refractivity contribution >= 4 is 29.7 Å². The first-order valence-electron chi connectivity index (χ1n) is 15.4. The zero-order chi connectivity index (χ0) is 30.3. The van der Waals surface area contributed by atoms with E-state index in [2.05, 4.69) is 158 Å². The summed E-state index contributed by atoms with van der Waals surface area (Å²) in [5, 5.41) is 3.80. The molecule has 1 aliphatic heterocycles. The normalized spacial score (nSPS) is 16.0. The van der Waals surface area contributed by atoms with Crippen LogP contribution in [0.1, 0.15) is 34.4 Å². The Labute approximate surface area is 266 Å². The highest BCUT2D eigenvalue weighted by Gasteiger charge is 2.35. The zero-order valence-corrected chi connectivity index (χ0v) is 25.8. The second kappa shape index (κ2) is 13.9. The minimum absolute atomic E-state index is 0.193. The maximum Gasteiger partial charge on any atom is 0.217 e. The minimum atomic E-state index is -0.837. The molecule has 45 heavy (non-hydrogen) atoms. The fraction of sp³-hybridized carbons (Fsp3) is 0.0976. The first-order valence-corrected chi connectivity index (χ1v) is 16.7. The maximum atomic E-state index is 6.83. The molecule has 0 aliphatic carbocycles. The Morgan fingerprint density at radius 2 is 1.02 bits per heavy atom. The van der Waals surface area contributed by atoms with Crippen LogP contribution >= 0.6 is 7.92 Å². The molecule has 0 bridgehead atoms. The summed E-state index contributed by atoms with van der Waals surface area (Å²) in [6, 6.07) is 61.1. The zero-order valence-electron chi connectivity index (χ0n) is 24.9. The van der Waals surface area contributed by atoms with Gasteiger partial charge in [0.25, 0.3) is 0 Å². The third-order valence-corrected chi connectivity index (χ3v) is 10.5. The van der Waals surface area contributed by atoms with Crippen LogP contribution in [0.3, 0.4) is 0 Å². The number of ether oxygens (including phenoxy) is 2. The molecule has 0 unspecified atom stereocenters. The Balaban J connectivity index is 1.25. The van der Waals surface area contributed by atoms with E-state index in [0.29, 0.717) is 12.5 Å². The van der Waals surface area contributed by atoms with E-state index in [1.54, 1.807) is 0 Å². The van der Waals surface area contributed by atoms with Crippen molar-refractivity contribution in [1.82, 2.24) is 0 Å². The third-order valence-electron chi connectivity index (χ3n) is 8.05. The topological polar surface area (TPSA) is 30.8 Å². The lowest BCUT2D eigenvalue weighted by atomic mass is 10.0. The van der Waals surface area contributed by atoms with E-state index in [0.717, 1.165) is 22.3 Å². The Bertz CT molecular complexity index is 1750. The Morgan fingerprint density at radius 1 is 0.556 bits per heavy atom. The molecule has 6 aromatic carbocycles. The van der Waals surface area contributed by atoms with Crippen molar-refractivity contribution in [2.24, 2.45) is 4.99 Å². The maximum absolute atomic E-state index is 6.83. The van der Waals surface area contributed by atoms with Gasteiger partial charge < -0.3 is 9.47 Å². The number of nitrogens with zero attached hydrogens (tertiary/aromatic N) is 1. The van der Waals surface area contributed by atoms with E-state index in [1.165, 1.54) is 15.9 Å². The van der Waals surface area contributed by atoms with Crippen molar-refractivity contribution in [2.75, 3.05) is 6.61 Å². The van der Waals surface area contributed by atoms with Crippen LogP contribution in [0.2, 0.25) is 0 Å². The number of aliphatic imine (C=N–C) groups is 1. The average molecular weight is 604 g/mol. The molecule has 7 rings (SSSR count). The standard InChI is InChI=1S/C41H34NO2P/c1-6-18-31(19-7-1)39-37(30-43-40(32-20-8-2-9-21-32)33-22-10-3-11-23-33)44-41(42-39)36-28-16-17-29-38(36)45(34-24-12-4-13-25-34)35-26-14-5-15-27-35/h1-29,37,39-40H,30H2/t37-,39-/m1/s1. The summed E-state index contributed by atoms with van der Waals surface area (Å²) in [5.74, 6) is 0.670. The fourth-order valence-corrected chi connectivity index (χ4v) is 8.35. The van der Waals surface area contributed by atoms with Gasteiger partial charge in [-0.15, -0.1) is 0 Å². The number of hydrogen-bond acceptors (Lipinski definition) is 3. The molecular formula is C41H34NO2P. The summed E-state index contributed by atoms with van der Waals surface area (Å²) in [5.41, 5.74) is 4.37. The molecule has 2 atom stereocenters. The van der Waals surface area contributed by atoms with Crippen LogP contribution in [0.25, 0.3) is 0 Å². The summed E-state index contributed by atoms with van der Waals surface area (Å²) >= 11 is 0. The number of benzene rings is 6. The molecule has 4 heteroatoms.